The molecule has 0 spiro atoms. The fourth-order valence-electron chi connectivity index (χ4n) is 1.17. The Balaban J connectivity index is 0.000000409. The number of alkyl halides is 1. The molecule has 0 bridgehead atoms. The highest BCUT2D eigenvalue weighted by Crippen LogP contribution is 2.19. The average molecular weight is 395 g/mol. The first-order valence-corrected chi connectivity index (χ1v) is 8.22. The zero-order valence-corrected chi connectivity index (χ0v) is 15.2. The van der Waals surface area contributed by atoms with Crippen molar-refractivity contribution >= 4 is 50.1 Å². The second kappa shape index (κ2) is 10.3. The number of halogens is 1. The molecule has 0 aliphatic rings. The minimum atomic E-state index is -0.771. The smallest absolute Gasteiger partial charge is 0.375 e. The van der Waals surface area contributed by atoms with E-state index in [4.69, 9.17) is 10.5 Å². The minimum Gasteiger partial charge on any atom is -0.461 e. The molecular weight excluding hydrogens is 376 g/mol. The summed E-state index contributed by atoms with van der Waals surface area (Å²) in [5.41, 5.74) is 5.75. The number of aromatic nitrogens is 1. The first-order valence-electron chi connectivity index (χ1n) is 6.49. The molecule has 1 aromatic rings. The number of hydrogen-bond acceptors (Lipinski definition) is 8. The van der Waals surface area contributed by atoms with Gasteiger partial charge in [0, 0.05) is 4.88 Å². The predicted octanol–water partition coefficient (Wildman–Crippen LogP) is 2.11. The van der Waals surface area contributed by atoms with Crippen molar-refractivity contribution in [1.29, 1.82) is 0 Å². The number of nitrogen functional groups attached to an aromatic ring is 1. The van der Waals surface area contributed by atoms with Gasteiger partial charge >= 0.3 is 11.9 Å². The monoisotopic (exact) mass is 394 g/mol. The number of hydrogen-bond donors (Lipinski definition) is 1. The summed E-state index contributed by atoms with van der Waals surface area (Å²) in [6.45, 7) is 7.38. The Morgan fingerprint density at radius 3 is 2.18 bits per heavy atom. The van der Waals surface area contributed by atoms with E-state index in [0.29, 0.717) is 17.4 Å². The molecule has 0 fully saturated rings. The normalized spacial score (nSPS) is 11.0. The zero-order chi connectivity index (χ0) is 17.3. The first kappa shape index (κ1) is 20.5. The second-order valence-corrected chi connectivity index (χ2v) is 6.49. The van der Waals surface area contributed by atoms with Crippen molar-refractivity contribution in [2.45, 2.75) is 32.5 Å². The maximum Gasteiger partial charge on any atom is 0.375 e. The lowest BCUT2D eigenvalue weighted by molar-refractivity contribution is -0.153. The van der Waals surface area contributed by atoms with Gasteiger partial charge < -0.3 is 15.2 Å². The molecule has 9 heteroatoms. The predicted molar refractivity (Wildman–Crippen MR) is 87.2 cm³/mol. The molecule has 7 nitrogen and oxygen atoms in total. The van der Waals surface area contributed by atoms with Crippen LogP contribution < -0.4 is 5.73 Å². The van der Waals surface area contributed by atoms with Gasteiger partial charge in [-0.3, -0.25) is 4.79 Å². The molecule has 0 aliphatic heterocycles. The van der Waals surface area contributed by atoms with Crippen LogP contribution in [0.2, 0.25) is 0 Å². The number of nitrogens with zero attached hydrogens (tertiary/aromatic N) is 1. The average Bonchev–Trinajstić information content (AvgIpc) is 2.78. The SMILES string of the molecule is CCOC(=O)C(=O)C(C)Br.CCOC(=O)c1nc(N)sc1C. The van der Waals surface area contributed by atoms with Gasteiger partial charge in [0.05, 0.1) is 18.0 Å². The molecule has 1 aromatic heterocycles. The molecule has 0 saturated heterocycles. The molecule has 1 heterocycles. The van der Waals surface area contributed by atoms with Gasteiger partial charge in [-0.25, -0.2) is 14.6 Å². The van der Waals surface area contributed by atoms with Crippen LogP contribution >= 0.6 is 27.3 Å². The van der Waals surface area contributed by atoms with Crippen LogP contribution in [0.1, 0.15) is 36.1 Å². The van der Waals surface area contributed by atoms with Crippen molar-refractivity contribution in [2.75, 3.05) is 18.9 Å². The van der Waals surface area contributed by atoms with E-state index in [2.05, 4.69) is 25.7 Å². The molecule has 0 saturated carbocycles. The van der Waals surface area contributed by atoms with Crippen LogP contribution in [0.4, 0.5) is 5.13 Å². The number of anilines is 1. The maximum absolute atomic E-state index is 11.1. The van der Waals surface area contributed by atoms with Gasteiger partial charge in [-0.05, 0) is 27.7 Å². The Morgan fingerprint density at radius 1 is 1.27 bits per heavy atom. The van der Waals surface area contributed by atoms with E-state index < -0.39 is 22.5 Å². The standard InChI is InChI=1S/C7H10N2O2S.C6H9BrO3/c1-3-11-6(10)5-4(2)12-7(8)9-5;1-3-10-6(9)5(8)4(2)7/h3H2,1-2H3,(H2,8,9);4H,3H2,1-2H3. The number of carbonyl (C=O) groups excluding carboxylic acids is 3. The van der Waals surface area contributed by atoms with Crippen LogP contribution in [0, 0.1) is 6.92 Å². The van der Waals surface area contributed by atoms with Crippen LogP contribution in [0.15, 0.2) is 0 Å². The number of Topliss-reactive ketones (excluding diaryl/α,β-unsaturated/α-hetero) is 1. The number of thiazole rings is 1. The van der Waals surface area contributed by atoms with Crippen LogP contribution in [0.25, 0.3) is 0 Å². The molecule has 2 N–H and O–H groups in total. The van der Waals surface area contributed by atoms with E-state index in [-0.39, 0.29) is 6.61 Å². The largest absolute Gasteiger partial charge is 0.461 e. The Bertz CT molecular complexity index is 531. The third-order valence-electron chi connectivity index (χ3n) is 2.12. The summed E-state index contributed by atoms with van der Waals surface area (Å²) in [6.07, 6.45) is 0. The molecule has 1 atom stereocenters. The summed E-state index contributed by atoms with van der Waals surface area (Å²) in [5.74, 6) is -1.71. The van der Waals surface area contributed by atoms with Crippen molar-refractivity contribution in [3.8, 4) is 0 Å². The van der Waals surface area contributed by atoms with Gasteiger partial charge in [-0.1, -0.05) is 15.9 Å². The summed E-state index contributed by atoms with van der Waals surface area (Å²) in [4.78, 5) is 36.6. The van der Waals surface area contributed by atoms with Gasteiger partial charge in [0.2, 0.25) is 0 Å². The number of rotatable bonds is 5. The summed E-state index contributed by atoms with van der Waals surface area (Å²) in [5, 5.41) is 0.399. The van der Waals surface area contributed by atoms with Gasteiger partial charge in [0.1, 0.15) is 0 Å². The third kappa shape index (κ3) is 6.99. The second-order valence-electron chi connectivity index (χ2n) is 3.88. The Morgan fingerprint density at radius 2 is 1.82 bits per heavy atom. The minimum absolute atomic E-state index is 0.240. The van der Waals surface area contributed by atoms with Crippen LogP contribution in [0.5, 0.6) is 0 Å². The number of aryl methyl sites for hydroxylation is 1. The summed E-state index contributed by atoms with van der Waals surface area (Å²) in [7, 11) is 0. The van der Waals surface area contributed by atoms with Crippen LogP contribution in [-0.4, -0.2) is 40.7 Å². The zero-order valence-electron chi connectivity index (χ0n) is 12.8. The molecule has 0 aromatic carbocycles. The Kier molecular flexibility index (Phi) is 9.59. The fraction of sp³-hybridized carbons (Fsp3) is 0.538. The van der Waals surface area contributed by atoms with E-state index >= 15 is 0 Å². The number of ether oxygens (including phenoxy) is 2. The van der Waals surface area contributed by atoms with Crippen LogP contribution in [0.3, 0.4) is 0 Å². The fourth-order valence-corrected chi connectivity index (χ4v) is 2.03. The van der Waals surface area contributed by atoms with Gasteiger partial charge in [-0.15, -0.1) is 11.3 Å². The van der Waals surface area contributed by atoms with Crippen LogP contribution in [-0.2, 0) is 19.1 Å². The van der Waals surface area contributed by atoms with E-state index in [9.17, 15) is 14.4 Å². The maximum atomic E-state index is 11.1. The highest BCUT2D eigenvalue weighted by atomic mass is 79.9. The molecule has 124 valence electrons. The van der Waals surface area contributed by atoms with Crippen molar-refractivity contribution in [3.05, 3.63) is 10.6 Å². The lowest BCUT2D eigenvalue weighted by Gasteiger charge is -2.00. The molecule has 1 rings (SSSR count). The van der Waals surface area contributed by atoms with Crippen molar-refractivity contribution in [3.63, 3.8) is 0 Å². The molecule has 1 unspecified atom stereocenters. The summed E-state index contributed by atoms with van der Waals surface area (Å²) in [6, 6.07) is 0. The molecule has 0 aliphatic carbocycles. The van der Waals surface area contributed by atoms with Crippen molar-refractivity contribution < 1.29 is 23.9 Å². The Labute approximate surface area is 141 Å². The highest BCUT2D eigenvalue weighted by Gasteiger charge is 2.19. The van der Waals surface area contributed by atoms with E-state index in [0.717, 1.165) is 4.88 Å². The van der Waals surface area contributed by atoms with E-state index in [1.54, 1.807) is 27.7 Å². The van der Waals surface area contributed by atoms with E-state index in [1.807, 2.05) is 0 Å². The first-order chi connectivity index (χ1) is 10.2. The van der Waals surface area contributed by atoms with Crippen molar-refractivity contribution in [1.82, 2.24) is 4.98 Å². The van der Waals surface area contributed by atoms with Gasteiger partial charge in [0.15, 0.2) is 10.8 Å². The Hall–Kier alpha value is -1.48. The van der Waals surface area contributed by atoms with Gasteiger partial charge in [0.25, 0.3) is 5.78 Å². The topological polar surface area (TPSA) is 109 Å². The number of ketones is 1. The highest BCUT2D eigenvalue weighted by molar-refractivity contribution is 9.10. The molecule has 22 heavy (non-hydrogen) atoms. The number of carbonyl (C=O) groups is 3. The molecule has 0 amide bonds. The lowest BCUT2D eigenvalue weighted by Crippen LogP contribution is -2.23. The van der Waals surface area contributed by atoms with Gasteiger partial charge in [-0.2, -0.15) is 0 Å². The van der Waals surface area contributed by atoms with Crippen molar-refractivity contribution in [2.24, 2.45) is 0 Å². The molecule has 0 radical (unpaired) electrons. The number of nitrogens with two attached hydrogens (primary N) is 1. The number of esters is 2. The summed E-state index contributed by atoms with van der Waals surface area (Å²) < 4.78 is 9.22. The van der Waals surface area contributed by atoms with E-state index in [1.165, 1.54) is 11.3 Å². The quantitative estimate of drug-likeness (QED) is 0.462. The lowest BCUT2D eigenvalue weighted by atomic mass is 10.3. The third-order valence-corrected chi connectivity index (χ3v) is 3.34. The molecular formula is C13H19BrN2O5S. The summed E-state index contributed by atoms with van der Waals surface area (Å²) >= 11 is 4.25.